The van der Waals surface area contributed by atoms with Crippen molar-refractivity contribution in [1.82, 2.24) is 18.4 Å². The predicted molar refractivity (Wildman–Crippen MR) is 82.4 cm³/mol. The van der Waals surface area contributed by atoms with E-state index in [1.54, 1.807) is 20.3 Å². The number of hydrogen-bond donors (Lipinski definition) is 0. The molecular weight excluding hydrogens is 304 g/mol. The first-order valence-electron chi connectivity index (χ1n) is 7.76. The van der Waals surface area contributed by atoms with Gasteiger partial charge in [0.1, 0.15) is 0 Å². The van der Waals surface area contributed by atoms with Crippen LogP contribution in [0.15, 0.2) is 12.3 Å². The summed E-state index contributed by atoms with van der Waals surface area (Å²) >= 11 is 0. The van der Waals surface area contributed by atoms with E-state index in [1.807, 2.05) is 10.7 Å². The molecule has 3 rings (SSSR count). The van der Waals surface area contributed by atoms with Gasteiger partial charge < -0.3 is 4.74 Å². The maximum atomic E-state index is 12.4. The van der Waals surface area contributed by atoms with Crippen LogP contribution < -0.4 is 0 Å². The average molecular weight is 328 g/mol. The molecule has 0 aromatic carbocycles. The van der Waals surface area contributed by atoms with E-state index < -0.39 is 10.2 Å². The van der Waals surface area contributed by atoms with Gasteiger partial charge in [0.2, 0.25) is 0 Å². The predicted octanol–water partition coefficient (Wildman–Crippen LogP) is 0.863. The SMILES string of the molecule is CN(C)S(=O)(=O)N1Cc2ccnn2C(CCOCC2CC2)C1. The molecule has 22 heavy (non-hydrogen) atoms. The summed E-state index contributed by atoms with van der Waals surface area (Å²) in [6.07, 6.45) is 5.07. The van der Waals surface area contributed by atoms with Crippen LogP contribution in [0.2, 0.25) is 0 Å². The van der Waals surface area contributed by atoms with E-state index in [0.29, 0.717) is 19.7 Å². The summed E-state index contributed by atoms with van der Waals surface area (Å²) in [6, 6.07) is 1.92. The highest BCUT2D eigenvalue weighted by Crippen LogP contribution is 2.29. The van der Waals surface area contributed by atoms with Crippen molar-refractivity contribution >= 4 is 10.2 Å². The molecule has 1 aliphatic carbocycles. The molecule has 8 heteroatoms. The Morgan fingerprint density at radius 3 is 2.86 bits per heavy atom. The minimum absolute atomic E-state index is 0.0349. The molecule has 0 spiro atoms. The fourth-order valence-corrected chi connectivity index (χ4v) is 3.85. The van der Waals surface area contributed by atoms with Gasteiger partial charge in [-0.1, -0.05) is 0 Å². The topological polar surface area (TPSA) is 67.7 Å². The highest BCUT2D eigenvalue weighted by Gasteiger charge is 2.33. The van der Waals surface area contributed by atoms with Crippen LogP contribution in [0.25, 0.3) is 0 Å². The minimum atomic E-state index is -3.40. The zero-order chi connectivity index (χ0) is 15.7. The van der Waals surface area contributed by atoms with Crippen molar-refractivity contribution in [2.45, 2.75) is 31.8 Å². The molecule has 1 aliphatic heterocycles. The lowest BCUT2D eigenvalue weighted by molar-refractivity contribution is 0.102. The Morgan fingerprint density at radius 1 is 1.41 bits per heavy atom. The molecule has 7 nitrogen and oxygen atoms in total. The van der Waals surface area contributed by atoms with Gasteiger partial charge in [-0.15, -0.1) is 0 Å². The second-order valence-corrected chi connectivity index (χ2v) is 8.45. The standard InChI is InChI=1S/C14H24N4O3S/c1-16(2)22(19,20)17-9-13-5-7-15-18(13)14(10-17)6-8-21-11-12-3-4-12/h5,7,12,14H,3-4,6,8-11H2,1-2H3. The van der Waals surface area contributed by atoms with Crippen molar-refractivity contribution in [1.29, 1.82) is 0 Å². The van der Waals surface area contributed by atoms with Crippen LogP contribution in [0.1, 0.15) is 31.0 Å². The van der Waals surface area contributed by atoms with Crippen molar-refractivity contribution in [3.63, 3.8) is 0 Å². The van der Waals surface area contributed by atoms with Crippen molar-refractivity contribution in [3.8, 4) is 0 Å². The van der Waals surface area contributed by atoms with Gasteiger partial charge in [0, 0.05) is 40.1 Å². The van der Waals surface area contributed by atoms with E-state index in [9.17, 15) is 8.42 Å². The summed E-state index contributed by atoms with van der Waals surface area (Å²) < 4.78 is 35.2. The van der Waals surface area contributed by atoms with Crippen molar-refractivity contribution in [3.05, 3.63) is 18.0 Å². The molecule has 124 valence electrons. The van der Waals surface area contributed by atoms with Gasteiger partial charge in [0.15, 0.2) is 0 Å². The Kier molecular flexibility index (Phi) is 4.54. The van der Waals surface area contributed by atoms with E-state index >= 15 is 0 Å². The summed E-state index contributed by atoms with van der Waals surface area (Å²) in [5, 5.41) is 4.35. The molecule has 1 aromatic rings. The Labute approximate surface area is 132 Å². The molecule has 2 aliphatic rings. The molecule has 1 unspecified atom stereocenters. The summed E-state index contributed by atoms with van der Waals surface area (Å²) in [5.41, 5.74) is 0.934. The number of rotatable bonds is 7. The molecular formula is C14H24N4O3S. The second kappa shape index (κ2) is 6.27. The third-order valence-electron chi connectivity index (χ3n) is 4.28. The number of fused-ring (bicyclic) bond motifs is 1. The van der Waals surface area contributed by atoms with Crippen LogP contribution in [-0.2, 0) is 21.5 Å². The number of aromatic nitrogens is 2. The lowest BCUT2D eigenvalue weighted by Crippen LogP contribution is -2.46. The summed E-state index contributed by atoms with van der Waals surface area (Å²) in [7, 11) is -0.274. The molecule has 0 bridgehead atoms. The third kappa shape index (κ3) is 3.34. The van der Waals surface area contributed by atoms with E-state index in [-0.39, 0.29) is 6.04 Å². The fourth-order valence-electron chi connectivity index (χ4n) is 2.73. The molecule has 0 N–H and O–H groups in total. The van der Waals surface area contributed by atoms with E-state index in [4.69, 9.17) is 4.74 Å². The van der Waals surface area contributed by atoms with Gasteiger partial charge in [-0.25, -0.2) is 0 Å². The zero-order valence-corrected chi connectivity index (χ0v) is 14.0. The smallest absolute Gasteiger partial charge is 0.281 e. The molecule has 1 saturated carbocycles. The lowest BCUT2D eigenvalue weighted by Gasteiger charge is -2.34. The van der Waals surface area contributed by atoms with Gasteiger partial charge in [0.25, 0.3) is 10.2 Å². The first-order valence-corrected chi connectivity index (χ1v) is 9.16. The molecule has 0 radical (unpaired) electrons. The van der Waals surface area contributed by atoms with E-state index in [0.717, 1.165) is 24.6 Å². The van der Waals surface area contributed by atoms with E-state index in [1.165, 1.54) is 21.5 Å². The molecule has 0 saturated heterocycles. The first kappa shape index (κ1) is 15.9. The minimum Gasteiger partial charge on any atom is -0.381 e. The van der Waals surface area contributed by atoms with Crippen LogP contribution in [-0.4, -0.2) is 60.7 Å². The van der Waals surface area contributed by atoms with Gasteiger partial charge in [-0.2, -0.15) is 22.1 Å². The molecule has 1 fully saturated rings. The number of ether oxygens (including phenoxy) is 1. The maximum Gasteiger partial charge on any atom is 0.281 e. The lowest BCUT2D eigenvalue weighted by atomic mass is 10.1. The Balaban J connectivity index is 1.66. The summed E-state index contributed by atoms with van der Waals surface area (Å²) in [5.74, 6) is 0.747. The van der Waals surface area contributed by atoms with Gasteiger partial charge in [-0.3, -0.25) is 4.68 Å². The molecule has 1 atom stereocenters. The largest absolute Gasteiger partial charge is 0.381 e. The van der Waals surface area contributed by atoms with Gasteiger partial charge >= 0.3 is 0 Å². The Bertz CT molecular complexity index is 609. The van der Waals surface area contributed by atoms with Gasteiger partial charge in [-0.05, 0) is 31.2 Å². The molecule has 1 aromatic heterocycles. The fraction of sp³-hybridized carbons (Fsp3) is 0.786. The molecule has 0 amide bonds. The quantitative estimate of drug-likeness (QED) is 0.696. The monoisotopic (exact) mass is 328 g/mol. The van der Waals surface area contributed by atoms with Gasteiger partial charge in [0.05, 0.1) is 18.3 Å². The highest BCUT2D eigenvalue weighted by atomic mass is 32.2. The van der Waals surface area contributed by atoms with Crippen molar-refractivity contribution in [2.75, 3.05) is 33.9 Å². The van der Waals surface area contributed by atoms with Crippen LogP contribution >= 0.6 is 0 Å². The maximum absolute atomic E-state index is 12.4. The average Bonchev–Trinajstić information content (AvgIpc) is 3.17. The highest BCUT2D eigenvalue weighted by molar-refractivity contribution is 7.86. The number of hydrogen-bond acceptors (Lipinski definition) is 4. The Hall–Kier alpha value is -0.960. The third-order valence-corrected chi connectivity index (χ3v) is 6.14. The summed E-state index contributed by atoms with van der Waals surface area (Å²) in [4.78, 5) is 0. The first-order chi connectivity index (χ1) is 10.5. The number of nitrogens with zero attached hydrogens (tertiary/aromatic N) is 4. The summed E-state index contributed by atoms with van der Waals surface area (Å²) in [6.45, 7) is 2.30. The van der Waals surface area contributed by atoms with Crippen molar-refractivity contribution < 1.29 is 13.2 Å². The molecule has 2 heterocycles. The van der Waals surface area contributed by atoms with Crippen LogP contribution in [0, 0.1) is 5.92 Å². The Morgan fingerprint density at radius 2 is 2.18 bits per heavy atom. The van der Waals surface area contributed by atoms with Crippen molar-refractivity contribution in [2.24, 2.45) is 5.92 Å². The normalized spacial score (nSPS) is 23.0. The second-order valence-electron chi connectivity index (χ2n) is 6.31. The van der Waals surface area contributed by atoms with Crippen LogP contribution in [0.3, 0.4) is 0 Å². The van der Waals surface area contributed by atoms with Crippen LogP contribution in [0.4, 0.5) is 0 Å². The van der Waals surface area contributed by atoms with E-state index in [2.05, 4.69) is 5.10 Å². The zero-order valence-electron chi connectivity index (χ0n) is 13.2. The van der Waals surface area contributed by atoms with Crippen LogP contribution in [0.5, 0.6) is 0 Å².